The van der Waals surface area contributed by atoms with Crippen molar-refractivity contribution in [1.82, 2.24) is 14.9 Å². The van der Waals surface area contributed by atoms with Gasteiger partial charge in [-0.3, -0.25) is 4.79 Å². The molecular weight excluding hydrogens is 236 g/mol. The summed E-state index contributed by atoms with van der Waals surface area (Å²) in [5.41, 5.74) is 0.532. The number of likely N-dealkylation sites (tertiary alicyclic amines) is 1. The number of anilines is 1. The summed E-state index contributed by atoms with van der Waals surface area (Å²) in [6.45, 7) is 1.06. The van der Waals surface area contributed by atoms with Gasteiger partial charge in [0.2, 0.25) is 0 Å². The third-order valence-electron chi connectivity index (χ3n) is 2.85. The van der Waals surface area contributed by atoms with Gasteiger partial charge in [0, 0.05) is 19.5 Å². The van der Waals surface area contributed by atoms with Gasteiger partial charge in [-0.05, 0) is 12.3 Å². The standard InChI is InChI=1S/C11H14N4O3/c16-10(17)3-8-1-2-15(6-8)11(18)14-9-4-12-7-13-5-9/h4-5,7-8H,1-3,6H2,(H,14,18)(H,16,17). The molecule has 1 unspecified atom stereocenters. The average molecular weight is 250 g/mol. The van der Waals surface area contributed by atoms with Gasteiger partial charge in [0.05, 0.1) is 18.1 Å². The molecule has 0 aliphatic carbocycles. The summed E-state index contributed by atoms with van der Waals surface area (Å²) < 4.78 is 0. The largest absolute Gasteiger partial charge is 0.481 e. The normalized spacial score (nSPS) is 18.7. The Morgan fingerprint density at radius 2 is 2.17 bits per heavy atom. The minimum Gasteiger partial charge on any atom is -0.481 e. The fraction of sp³-hybridized carbons (Fsp3) is 0.455. The molecule has 1 fully saturated rings. The molecule has 96 valence electrons. The summed E-state index contributed by atoms with van der Waals surface area (Å²) in [6.07, 6.45) is 5.24. The topological polar surface area (TPSA) is 95.4 Å². The Kier molecular flexibility index (Phi) is 3.71. The van der Waals surface area contributed by atoms with Crippen molar-refractivity contribution in [2.45, 2.75) is 12.8 Å². The first kappa shape index (κ1) is 12.3. The van der Waals surface area contributed by atoms with Gasteiger partial charge in [0.1, 0.15) is 6.33 Å². The molecule has 7 heteroatoms. The smallest absolute Gasteiger partial charge is 0.321 e. The number of nitrogens with zero attached hydrogens (tertiary/aromatic N) is 3. The summed E-state index contributed by atoms with van der Waals surface area (Å²) in [5.74, 6) is -0.779. The minimum atomic E-state index is -0.821. The fourth-order valence-corrected chi connectivity index (χ4v) is 2.00. The lowest BCUT2D eigenvalue weighted by atomic mass is 10.1. The predicted molar refractivity (Wildman–Crippen MR) is 63.0 cm³/mol. The summed E-state index contributed by atoms with van der Waals surface area (Å²) in [5, 5.41) is 11.4. The van der Waals surface area contributed by atoms with Gasteiger partial charge in [0.15, 0.2) is 0 Å². The minimum absolute atomic E-state index is 0.0419. The number of carboxylic acid groups (broad SMARTS) is 1. The van der Waals surface area contributed by atoms with Crippen molar-refractivity contribution in [2.24, 2.45) is 5.92 Å². The van der Waals surface area contributed by atoms with Crippen LogP contribution in [0, 0.1) is 5.92 Å². The number of nitrogens with one attached hydrogen (secondary N) is 1. The molecule has 7 nitrogen and oxygen atoms in total. The van der Waals surface area contributed by atoms with Crippen LogP contribution in [0.15, 0.2) is 18.7 Å². The Labute approximate surface area is 104 Å². The summed E-state index contributed by atoms with van der Waals surface area (Å²) in [6, 6.07) is -0.238. The molecule has 1 aliphatic heterocycles. The van der Waals surface area contributed by atoms with Crippen LogP contribution in [0.4, 0.5) is 10.5 Å². The number of urea groups is 1. The van der Waals surface area contributed by atoms with Crippen LogP contribution in [0.5, 0.6) is 0 Å². The monoisotopic (exact) mass is 250 g/mol. The van der Waals surface area contributed by atoms with Crippen LogP contribution in [0.25, 0.3) is 0 Å². The lowest BCUT2D eigenvalue weighted by molar-refractivity contribution is -0.138. The molecule has 2 heterocycles. The first-order valence-corrected chi connectivity index (χ1v) is 5.68. The van der Waals surface area contributed by atoms with Crippen molar-refractivity contribution in [3.05, 3.63) is 18.7 Å². The van der Waals surface area contributed by atoms with Gasteiger partial charge in [-0.2, -0.15) is 0 Å². The first-order valence-electron chi connectivity index (χ1n) is 5.68. The van der Waals surface area contributed by atoms with Crippen molar-refractivity contribution in [1.29, 1.82) is 0 Å². The Morgan fingerprint density at radius 1 is 1.44 bits per heavy atom. The Morgan fingerprint density at radius 3 is 2.83 bits per heavy atom. The van der Waals surface area contributed by atoms with E-state index >= 15 is 0 Å². The fourth-order valence-electron chi connectivity index (χ4n) is 2.00. The highest BCUT2D eigenvalue weighted by atomic mass is 16.4. The molecule has 2 amide bonds. The molecule has 2 N–H and O–H groups in total. The number of carbonyl (C=O) groups is 2. The molecular formula is C11H14N4O3. The van der Waals surface area contributed by atoms with Gasteiger partial charge < -0.3 is 15.3 Å². The molecule has 1 atom stereocenters. The maximum absolute atomic E-state index is 11.9. The van der Waals surface area contributed by atoms with Gasteiger partial charge in [-0.15, -0.1) is 0 Å². The molecule has 0 radical (unpaired) electrons. The molecule has 1 saturated heterocycles. The molecule has 1 aromatic heterocycles. The quantitative estimate of drug-likeness (QED) is 0.827. The number of amides is 2. The van der Waals surface area contributed by atoms with E-state index in [0.717, 1.165) is 6.42 Å². The zero-order chi connectivity index (χ0) is 13.0. The molecule has 18 heavy (non-hydrogen) atoms. The molecule has 1 aliphatic rings. The Bertz CT molecular complexity index is 437. The van der Waals surface area contributed by atoms with Crippen molar-refractivity contribution >= 4 is 17.7 Å². The van der Waals surface area contributed by atoms with Crippen molar-refractivity contribution < 1.29 is 14.7 Å². The second kappa shape index (κ2) is 5.44. The zero-order valence-corrected chi connectivity index (χ0v) is 9.74. The Balaban J connectivity index is 1.86. The number of carbonyl (C=O) groups excluding carboxylic acids is 1. The van der Waals surface area contributed by atoms with E-state index in [1.807, 2.05) is 0 Å². The predicted octanol–water partition coefficient (Wildman–Crippen LogP) is 0.805. The van der Waals surface area contributed by atoms with Crippen LogP contribution >= 0.6 is 0 Å². The number of aromatic nitrogens is 2. The molecule has 2 rings (SSSR count). The van der Waals surface area contributed by atoms with E-state index in [-0.39, 0.29) is 18.4 Å². The van der Waals surface area contributed by atoms with E-state index in [1.165, 1.54) is 18.7 Å². The van der Waals surface area contributed by atoms with Gasteiger partial charge in [-0.1, -0.05) is 0 Å². The summed E-state index contributed by atoms with van der Waals surface area (Å²) >= 11 is 0. The molecule has 1 aromatic rings. The van der Waals surface area contributed by atoms with Gasteiger partial charge >= 0.3 is 12.0 Å². The van der Waals surface area contributed by atoms with Crippen LogP contribution in [0.1, 0.15) is 12.8 Å². The van der Waals surface area contributed by atoms with Crippen LogP contribution in [-0.2, 0) is 4.79 Å². The molecule has 0 bridgehead atoms. The summed E-state index contributed by atoms with van der Waals surface area (Å²) in [7, 11) is 0. The highest BCUT2D eigenvalue weighted by Crippen LogP contribution is 2.20. The third kappa shape index (κ3) is 3.16. The van der Waals surface area contributed by atoms with E-state index < -0.39 is 5.97 Å². The number of hydrogen-bond donors (Lipinski definition) is 2. The zero-order valence-electron chi connectivity index (χ0n) is 9.74. The van der Waals surface area contributed by atoms with Crippen LogP contribution in [0.2, 0.25) is 0 Å². The van der Waals surface area contributed by atoms with Crippen molar-refractivity contribution in [3.63, 3.8) is 0 Å². The Hall–Kier alpha value is -2.18. The lowest BCUT2D eigenvalue weighted by Crippen LogP contribution is -2.33. The van der Waals surface area contributed by atoms with Crippen LogP contribution < -0.4 is 5.32 Å². The third-order valence-corrected chi connectivity index (χ3v) is 2.85. The van der Waals surface area contributed by atoms with Crippen LogP contribution in [-0.4, -0.2) is 45.1 Å². The van der Waals surface area contributed by atoms with Crippen LogP contribution in [0.3, 0.4) is 0 Å². The number of hydrogen-bond acceptors (Lipinski definition) is 4. The maximum atomic E-state index is 11.9. The first-order chi connectivity index (χ1) is 8.65. The number of aliphatic carboxylic acids is 1. The van der Waals surface area contributed by atoms with Crippen molar-refractivity contribution in [3.8, 4) is 0 Å². The van der Waals surface area contributed by atoms with E-state index in [4.69, 9.17) is 5.11 Å². The highest BCUT2D eigenvalue weighted by Gasteiger charge is 2.27. The summed E-state index contributed by atoms with van der Waals surface area (Å²) in [4.78, 5) is 31.7. The van der Waals surface area contributed by atoms with E-state index in [0.29, 0.717) is 18.8 Å². The number of rotatable bonds is 3. The van der Waals surface area contributed by atoms with Gasteiger partial charge in [0.25, 0.3) is 0 Å². The maximum Gasteiger partial charge on any atom is 0.321 e. The van der Waals surface area contributed by atoms with E-state index in [9.17, 15) is 9.59 Å². The molecule has 0 spiro atoms. The second-order valence-electron chi connectivity index (χ2n) is 4.26. The molecule has 0 aromatic carbocycles. The average Bonchev–Trinajstić information content (AvgIpc) is 2.78. The van der Waals surface area contributed by atoms with E-state index in [1.54, 1.807) is 4.90 Å². The SMILES string of the molecule is O=C(O)CC1CCN(C(=O)Nc2cncnc2)C1. The van der Waals surface area contributed by atoms with E-state index in [2.05, 4.69) is 15.3 Å². The molecule has 0 saturated carbocycles. The second-order valence-corrected chi connectivity index (χ2v) is 4.26. The number of carboxylic acids is 1. The van der Waals surface area contributed by atoms with Gasteiger partial charge in [-0.25, -0.2) is 14.8 Å². The lowest BCUT2D eigenvalue weighted by Gasteiger charge is -2.16. The van der Waals surface area contributed by atoms with Crippen molar-refractivity contribution in [2.75, 3.05) is 18.4 Å². The highest BCUT2D eigenvalue weighted by molar-refractivity contribution is 5.89.